The van der Waals surface area contributed by atoms with Crippen LogP contribution in [-0.4, -0.2) is 18.2 Å². The lowest BCUT2D eigenvalue weighted by Gasteiger charge is -1.95. The average Bonchev–Trinajstić information content (AvgIpc) is 2.15. The maximum Gasteiger partial charge on any atom is 0.276 e. The Kier molecular flexibility index (Phi) is 3.34. The molecule has 0 radical (unpaired) electrons. The Morgan fingerprint density at radius 2 is 2.08 bits per heavy atom. The fraction of sp³-hybridized carbons (Fsp3) is 0.200. The molecule has 0 aliphatic heterocycles. The minimum atomic E-state index is -0.252. The summed E-state index contributed by atoms with van der Waals surface area (Å²) in [5.74, 6) is -0.252. The number of nitrogens with two attached hydrogens (primary N) is 1. The highest BCUT2D eigenvalue weighted by molar-refractivity contribution is 5.99. The van der Waals surface area contributed by atoms with Crippen LogP contribution in [0.2, 0.25) is 0 Å². The zero-order chi connectivity index (χ0) is 9.68. The van der Waals surface area contributed by atoms with Crippen LogP contribution in [0.15, 0.2) is 35.3 Å². The average molecular weight is 176 g/mol. The fourth-order valence-electron chi connectivity index (χ4n) is 0.841. The van der Waals surface area contributed by atoms with Gasteiger partial charge in [-0.3, -0.25) is 4.79 Å². The lowest BCUT2D eigenvalue weighted by molar-refractivity contribution is 0.100. The van der Waals surface area contributed by atoms with Gasteiger partial charge in [0.2, 0.25) is 0 Å². The molecule has 0 saturated carbocycles. The smallest absolute Gasteiger partial charge is 0.276 e. The highest BCUT2D eigenvalue weighted by Crippen LogP contribution is 1.99. The van der Waals surface area contributed by atoms with Gasteiger partial charge in [0, 0.05) is 17.8 Å². The first-order valence-corrected chi connectivity index (χ1v) is 4.09. The topological polar surface area (TPSA) is 55.4 Å². The van der Waals surface area contributed by atoms with E-state index in [1.54, 1.807) is 31.2 Å². The molecule has 0 bridgehead atoms. The first kappa shape index (κ1) is 9.61. The van der Waals surface area contributed by atoms with Gasteiger partial charge in [0.1, 0.15) is 0 Å². The SMILES string of the molecule is CC(N)/C=N/C(=O)c1ccccc1. The van der Waals surface area contributed by atoms with E-state index in [-0.39, 0.29) is 11.9 Å². The number of aliphatic imine (C=N–C) groups is 1. The van der Waals surface area contributed by atoms with Gasteiger partial charge in [-0.25, -0.2) is 4.99 Å². The van der Waals surface area contributed by atoms with Crippen molar-refractivity contribution in [2.75, 3.05) is 0 Å². The second-order valence-corrected chi connectivity index (χ2v) is 2.81. The van der Waals surface area contributed by atoms with E-state index in [4.69, 9.17) is 5.73 Å². The largest absolute Gasteiger partial charge is 0.323 e. The number of rotatable bonds is 2. The van der Waals surface area contributed by atoms with Gasteiger partial charge in [0.15, 0.2) is 0 Å². The molecule has 0 fully saturated rings. The van der Waals surface area contributed by atoms with Crippen LogP contribution in [0.25, 0.3) is 0 Å². The van der Waals surface area contributed by atoms with Gasteiger partial charge in [-0.1, -0.05) is 18.2 Å². The number of hydrogen-bond donors (Lipinski definition) is 1. The van der Waals surface area contributed by atoms with E-state index in [9.17, 15) is 4.79 Å². The molecule has 1 amide bonds. The third-order valence-corrected chi connectivity index (χ3v) is 1.45. The van der Waals surface area contributed by atoms with Gasteiger partial charge < -0.3 is 5.73 Å². The van der Waals surface area contributed by atoms with Gasteiger partial charge in [0.25, 0.3) is 5.91 Å². The Morgan fingerprint density at radius 3 is 2.62 bits per heavy atom. The number of carbonyl (C=O) groups is 1. The van der Waals surface area contributed by atoms with E-state index in [2.05, 4.69) is 4.99 Å². The predicted octanol–water partition coefficient (Wildman–Crippen LogP) is 1.24. The quantitative estimate of drug-likeness (QED) is 0.689. The Hall–Kier alpha value is -1.48. The van der Waals surface area contributed by atoms with E-state index < -0.39 is 0 Å². The van der Waals surface area contributed by atoms with Gasteiger partial charge in [-0.05, 0) is 19.1 Å². The number of carbonyl (C=O) groups excluding carboxylic acids is 1. The minimum Gasteiger partial charge on any atom is -0.323 e. The summed E-state index contributed by atoms with van der Waals surface area (Å²) < 4.78 is 0. The molecular formula is C10H12N2O. The van der Waals surface area contributed by atoms with Gasteiger partial charge in [0.05, 0.1) is 0 Å². The first-order valence-electron chi connectivity index (χ1n) is 4.09. The molecule has 1 unspecified atom stereocenters. The third-order valence-electron chi connectivity index (χ3n) is 1.45. The lowest BCUT2D eigenvalue weighted by Crippen LogP contribution is -2.16. The number of amides is 1. The molecule has 0 heterocycles. The van der Waals surface area contributed by atoms with Crippen LogP contribution in [-0.2, 0) is 0 Å². The van der Waals surface area contributed by atoms with E-state index >= 15 is 0 Å². The molecule has 0 aromatic heterocycles. The van der Waals surface area contributed by atoms with Gasteiger partial charge in [-0.2, -0.15) is 0 Å². The molecule has 68 valence electrons. The molecule has 0 aliphatic carbocycles. The second kappa shape index (κ2) is 4.52. The van der Waals surface area contributed by atoms with Crippen molar-refractivity contribution in [2.24, 2.45) is 10.7 Å². The second-order valence-electron chi connectivity index (χ2n) is 2.81. The summed E-state index contributed by atoms with van der Waals surface area (Å²) in [7, 11) is 0. The van der Waals surface area contributed by atoms with Crippen LogP contribution in [0.3, 0.4) is 0 Å². The van der Waals surface area contributed by atoms with Crippen molar-refractivity contribution in [3.63, 3.8) is 0 Å². The molecule has 0 saturated heterocycles. The molecule has 1 aromatic rings. The Labute approximate surface area is 77.3 Å². The van der Waals surface area contributed by atoms with Crippen LogP contribution >= 0.6 is 0 Å². The van der Waals surface area contributed by atoms with Crippen molar-refractivity contribution in [3.8, 4) is 0 Å². The Bertz CT molecular complexity index is 304. The molecule has 1 aromatic carbocycles. The molecule has 0 spiro atoms. The maximum atomic E-state index is 11.3. The van der Waals surface area contributed by atoms with Crippen LogP contribution < -0.4 is 5.73 Å². The van der Waals surface area contributed by atoms with Crippen molar-refractivity contribution >= 4 is 12.1 Å². The van der Waals surface area contributed by atoms with E-state index in [0.717, 1.165) is 0 Å². The van der Waals surface area contributed by atoms with Crippen LogP contribution in [0.1, 0.15) is 17.3 Å². The van der Waals surface area contributed by atoms with Crippen molar-refractivity contribution in [1.29, 1.82) is 0 Å². The van der Waals surface area contributed by atoms with Gasteiger partial charge >= 0.3 is 0 Å². The molecular weight excluding hydrogens is 164 g/mol. The third kappa shape index (κ3) is 3.17. The standard InChI is InChI=1S/C10H12N2O/c1-8(11)7-12-10(13)9-5-3-2-4-6-9/h2-8H,11H2,1H3/b12-7+. The molecule has 2 N–H and O–H groups in total. The zero-order valence-electron chi connectivity index (χ0n) is 7.47. The van der Waals surface area contributed by atoms with Crippen molar-refractivity contribution in [1.82, 2.24) is 0 Å². The molecule has 1 atom stereocenters. The zero-order valence-corrected chi connectivity index (χ0v) is 7.47. The predicted molar refractivity (Wildman–Crippen MR) is 52.9 cm³/mol. The van der Waals surface area contributed by atoms with Crippen LogP contribution in [0.4, 0.5) is 0 Å². The summed E-state index contributed by atoms with van der Waals surface area (Å²) in [6.45, 7) is 1.77. The molecule has 1 rings (SSSR count). The monoisotopic (exact) mass is 176 g/mol. The lowest BCUT2D eigenvalue weighted by atomic mass is 10.2. The fourth-order valence-corrected chi connectivity index (χ4v) is 0.841. The Morgan fingerprint density at radius 1 is 1.46 bits per heavy atom. The molecule has 3 heteroatoms. The first-order chi connectivity index (χ1) is 6.20. The highest BCUT2D eigenvalue weighted by atomic mass is 16.1. The summed E-state index contributed by atoms with van der Waals surface area (Å²) in [5, 5.41) is 0. The number of nitrogens with zero attached hydrogens (tertiary/aromatic N) is 1. The van der Waals surface area contributed by atoms with Crippen LogP contribution in [0, 0.1) is 0 Å². The van der Waals surface area contributed by atoms with E-state index in [0.29, 0.717) is 5.56 Å². The van der Waals surface area contributed by atoms with Crippen LogP contribution in [0.5, 0.6) is 0 Å². The summed E-state index contributed by atoms with van der Waals surface area (Å²) in [4.78, 5) is 15.0. The minimum absolute atomic E-state index is 0.187. The summed E-state index contributed by atoms with van der Waals surface area (Å²) >= 11 is 0. The molecule has 13 heavy (non-hydrogen) atoms. The maximum absolute atomic E-state index is 11.3. The van der Waals surface area contributed by atoms with Gasteiger partial charge in [-0.15, -0.1) is 0 Å². The molecule has 0 aliphatic rings. The number of benzene rings is 1. The normalized spacial score (nSPS) is 13.1. The van der Waals surface area contributed by atoms with E-state index in [1.165, 1.54) is 6.21 Å². The van der Waals surface area contributed by atoms with Crippen molar-refractivity contribution in [2.45, 2.75) is 13.0 Å². The Balaban J connectivity index is 2.70. The molecule has 3 nitrogen and oxygen atoms in total. The summed E-state index contributed by atoms with van der Waals surface area (Å²) in [6, 6.07) is 8.71. The van der Waals surface area contributed by atoms with Crippen molar-refractivity contribution in [3.05, 3.63) is 35.9 Å². The summed E-state index contributed by atoms with van der Waals surface area (Å²) in [5.41, 5.74) is 6.00. The van der Waals surface area contributed by atoms with E-state index in [1.807, 2.05) is 6.07 Å². The summed E-state index contributed by atoms with van der Waals surface area (Å²) in [6.07, 6.45) is 1.44. The number of hydrogen-bond acceptors (Lipinski definition) is 2. The highest BCUT2D eigenvalue weighted by Gasteiger charge is 2.00. The van der Waals surface area contributed by atoms with Crippen molar-refractivity contribution < 1.29 is 4.79 Å².